The van der Waals surface area contributed by atoms with Crippen LogP contribution in [0.3, 0.4) is 0 Å². The molecule has 1 aromatic heterocycles. The van der Waals surface area contributed by atoms with Gasteiger partial charge in [0.25, 0.3) is 0 Å². The number of fused-ring (bicyclic) bond motifs is 3. The number of aldehydes is 1. The van der Waals surface area contributed by atoms with Crippen molar-refractivity contribution in [3.8, 4) is 17.2 Å². The molecule has 1 amide bonds. The van der Waals surface area contributed by atoms with Crippen LogP contribution < -0.4 is 40.8 Å². The number of amides is 1. The number of methoxy groups -OCH3 is 1. The molecule has 5 unspecified atom stereocenters. The van der Waals surface area contributed by atoms with Gasteiger partial charge in [0.2, 0.25) is 17.6 Å². The average molecular weight is 698 g/mol. The maximum absolute atomic E-state index is 13.2. The summed E-state index contributed by atoms with van der Waals surface area (Å²) in [4.78, 5) is 45.0. The number of ether oxygens (including phenoxy) is 4. The molecule has 5 atom stereocenters. The number of aromatic nitrogens is 2. The summed E-state index contributed by atoms with van der Waals surface area (Å²) in [7, 11) is 1.45. The van der Waals surface area contributed by atoms with Gasteiger partial charge in [0.1, 0.15) is 41.8 Å². The fourth-order valence-corrected chi connectivity index (χ4v) is 6.98. The van der Waals surface area contributed by atoms with Gasteiger partial charge < -0.3 is 49.1 Å². The topological polar surface area (TPSA) is 232 Å². The van der Waals surface area contributed by atoms with Crippen LogP contribution in [0.5, 0.6) is 17.2 Å². The Morgan fingerprint density at radius 3 is 2.78 bits per heavy atom. The molecule has 270 valence electrons. The first-order valence-electron chi connectivity index (χ1n) is 16.5. The molecule has 4 aliphatic rings. The summed E-state index contributed by atoms with van der Waals surface area (Å²) >= 11 is 0. The second-order valence-electron chi connectivity index (χ2n) is 12.6. The van der Waals surface area contributed by atoms with Gasteiger partial charge in [-0.25, -0.2) is 9.78 Å². The van der Waals surface area contributed by atoms with Crippen molar-refractivity contribution in [2.45, 2.75) is 82.9 Å². The van der Waals surface area contributed by atoms with E-state index in [-0.39, 0.29) is 66.1 Å². The van der Waals surface area contributed by atoms with Crippen molar-refractivity contribution in [3.05, 3.63) is 46.5 Å². The number of benzene rings is 1. The van der Waals surface area contributed by atoms with Gasteiger partial charge in [0, 0.05) is 43.1 Å². The normalized spacial score (nSPS) is 24.5. The van der Waals surface area contributed by atoms with Gasteiger partial charge in [0.15, 0.2) is 6.29 Å². The number of carbonyl (C=O) groups excluding carboxylic acids is 3. The van der Waals surface area contributed by atoms with Gasteiger partial charge in [-0.15, -0.1) is 0 Å². The molecule has 1 aromatic carbocycles. The number of nitrogens with zero attached hydrogens (tertiary/aromatic N) is 3. The molecule has 50 heavy (non-hydrogen) atoms. The zero-order chi connectivity index (χ0) is 35.7. The van der Waals surface area contributed by atoms with Crippen LogP contribution in [-0.4, -0.2) is 100 Å². The third-order valence-electron chi connectivity index (χ3n) is 9.44. The molecule has 0 radical (unpaired) electrons. The number of esters is 1. The lowest BCUT2D eigenvalue weighted by molar-refractivity contribution is -0.141. The predicted octanol–water partition coefficient (Wildman–Crippen LogP) is -0.883. The van der Waals surface area contributed by atoms with Gasteiger partial charge in [-0.1, -0.05) is 6.08 Å². The fraction of sp³-hybridized carbons (Fsp3) is 0.515. The summed E-state index contributed by atoms with van der Waals surface area (Å²) in [6, 6.07) is -0.567. The molecule has 0 aliphatic carbocycles. The van der Waals surface area contributed by atoms with Crippen LogP contribution in [0.2, 0.25) is 0 Å². The Hall–Kier alpha value is -4.52. The predicted molar refractivity (Wildman–Crippen MR) is 176 cm³/mol. The second-order valence-corrected chi connectivity index (χ2v) is 12.6. The van der Waals surface area contributed by atoms with E-state index in [1.807, 2.05) is 4.90 Å². The van der Waals surface area contributed by atoms with E-state index in [1.54, 1.807) is 36.9 Å². The van der Waals surface area contributed by atoms with Crippen LogP contribution in [0.1, 0.15) is 49.8 Å². The molecule has 0 spiro atoms. The average Bonchev–Trinajstić information content (AvgIpc) is 3.84. The molecular weight excluding hydrogens is 654 g/mol. The van der Waals surface area contributed by atoms with Crippen molar-refractivity contribution in [2.24, 2.45) is 5.73 Å². The number of nitrogens with two attached hydrogens (primary N) is 1. The van der Waals surface area contributed by atoms with Crippen LogP contribution >= 0.6 is 0 Å². The summed E-state index contributed by atoms with van der Waals surface area (Å²) < 4.78 is 25.4. The van der Waals surface area contributed by atoms with Crippen molar-refractivity contribution < 1.29 is 48.7 Å². The minimum absolute atomic E-state index is 0.00283. The minimum atomic E-state index is -1.30. The Morgan fingerprint density at radius 1 is 1.28 bits per heavy atom. The first kappa shape index (κ1) is 35.3. The third kappa shape index (κ3) is 6.20. The summed E-state index contributed by atoms with van der Waals surface area (Å²) in [6.45, 7) is 3.16. The molecule has 6 rings (SSSR count). The molecular formula is C33H43N7O10. The summed E-state index contributed by atoms with van der Waals surface area (Å²) in [6.07, 6.45) is 5.23. The Labute approximate surface area is 288 Å². The SMILES string of the molecule is CCOC(=O)C1=C(C=O)C(=CCn2ccnc2N2CNC3C(=O)NC(N)NC32)c2c(OC)c3c(c(CO)c2O1)OC(C(C)(O)CCCCO)C3. The van der Waals surface area contributed by atoms with Gasteiger partial charge >= 0.3 is 5.97 Å². The molecule has 2 aromatic rings. The van der Waals surface area contributed by atoms with Crippen LogP contribution in [0, 0.1) is 0 Å². The fourth-order valence-electron chi connectivity index (χ4n) is 6.98. The van der Waals surface area contributed by atoms with Gasteiger partial charge in [0.05, 0.1) is 49.3 Å². The van der Waals surface area contributed by atoms with Gasteiger partial charge in [-0.05, 0) is 33.1 Å². The van der Waals surface area contributed by atoms with Gasteiger partial charge in [-0.2, -0.15) is 0 Å². The lowest BCUT2D eigenvalue weighted by Gasteiger charge is -2.35. The highest BCUT2D eigenvalue weighted by molar-refractivity contribution is 6.10. The standard InChI is InChI=1S/C33H43N7O10/c1-4-48-30(45)27-19(14-42)17(7-10-39-11-9-35-32(39)40-16-36-23-28(40)37-31(34)38-29(23)44)22-25(47-3)18-13-21(33(2,46)8-5-6-12-41)49-24(18)20(15-43)26(22)50-27/h7,9,11,14,21,23,28,31,36-37,41,43,46H,4-6,8,10,12-13,15-16,34H2,1-3H3,(H,38,44). The number of anilines is 1. The number of nitrogens with one attached hydrogen (secondary N) is 3. The van der Waals surface area contributed by atoms with Crippen molar-refractivity contribution in [2.75, 3.05) is 31.9 Å². The highest BCUT2D eigenvalue weighted by Crippen LogP contribution is 2.54. The number of hydrogen-bond acceptors (Lipinski definition) is 15. The molecule has 0 saturated carbocycles. The third-order valence-corrected chi connectivity index (χ3v) is 9.44. The van der Waals surface area contributed by atoms with Crippen LogP contribution in [0.25, 0.3) is 5.57 Å². The van der Waals surface area contributed by atoms with Crippen LogP contribution in [0.15, 0.2) is 29.8 Å². The van der Waals surface area contributed by atoms with E-state index in [1.165, 1.54) is 7.11 Å². The number of aliphatic hydroxyl groups excluding tert-OH is 2. The second kappa shape index (κ2) is 14.4. The minimum Gasteiger partial charge on any atom is -0.496 e. The van der Waals surface area contributed by atoms with Gasteiger partial charge in [-0.3, -0.25) is 26.0 Å². The number of allylic oxidation sites excluding steroid dienone is 3. The number of rotatable bonds is 13. The Kier molecular flexibility index (Phi) is 10.2. The summed E-state index contributed by atoms with van der Waals surface area (Å²) in [5, 5.41) is 40.3. The molecule has 17 heteroatoms. The first-order valence-corrected chi connectivity index (χ1v) is 16.5. The molecule has 2 saturated heterocycles. The number of aliphatic hydroxyl groups is 3. The van der Waals surface area contributed by atoms with Crippen LogP contribution in [-0.2, 0) is 38.7 Å². The number of imidazole rings is 1. The largest absolute Gasteiger partial charge is 0.496 e. The smallest absolute Gasteiger partial charge is 0.375 e. The molecule has 17 nitrogen and oxygen atoms in total. The molecule has 4 aliphatic heterocycles. The maximum Gasteiger partial charge on any atom is 0.375 e. The van der Waals surface area contributed by atoms with E-state index in [4.69, 9.17) is 24.7 Å². The zero-order valence-electron chi connectivity index (χ0n) is 28.1. The summed E-state index contributed by atoms with van der Waals surface area (Å²) in [5.41, 5.74) is 5.96. The lowest BCUT2D eigenvalue weighted by Crippen LogP contribution is -2.70. The molecule has 8 N–H and O–H groups in total. The zero-order valence-corrected chi connectivity index (χ0v) is 28.1. The molecule has 0 bridgehead atoms. The van der Waals surface area contributed by atoms with Crippen LogP contribution in [0.4, 0.5) is 5.95 Å². The van der Waals surface area contributed by atoms with E-state index < -0.39 is 42.8 Å². The monoisotopic (exact) mass is 697 g/mol. The Balaban J connectivity index is 1.44. The Morgan fingerprint density at radius 2 is 2.08 bits per heavy atom. The van der Waals surface area contributed by atoms with E-state index in [0.29, 0.717) is 55.0 Å². The van der Waals surface area contributed by atoms with Crippen molar-refractivity contribution in [1.82, 2.24) is 25.5 Å². The van der Waals surface area contributed by atoms with Crippen molar-refractivity contribution >= 4 is 29.7 Å². The quantitative estimate of drug-likeness (QED) is 0.0765. The highest BCUT2D eigenvalue weighted by atomic mass is 16.6. The van der Waals surface area contributed by atoms with Crippen molar-refractivity contribution in [1.29, 1.82) is 0 Å². The highest BCUT2D eigenvalue weighted by Gasteiger charge is 2.46. The number of hydrogen-bond donors (Lipinski definition) is 7. The number of carbonyl (C=O) groups is 3. The molecule has 2 fully saturated rings. The summed E-state index contributed by atoms with van der Waals surface area (Å²) in [5.74, 6) is -0.398. The van der Waals surface area contributed by atoms with E-state index in [0.717, 1.165) is 0 Å². The van der Waals surface area contributed by atoms with E-state index in [9.17, 15) is 29.7 Å². The maximum atomic E-state index is 13.2. The van der Waals surface area contributed by atoms with E-state index >= 15 is 0 Å². The first-order chi connectivity index (χ1) is 24.1. The Bertz CT molecular complexity index is 1720. The lowest BCUT2D eigenvalue weighted by atomic mass is 9.86. The van der Waals surface area contributed by atoms with E-state index in [2.05, 4.69) is 20.9 Å². The molecule has 5 heterocycles. The van der Waals surface area contributed by atoms with Crippen molar-refractivity contribution in [3.63, 3.8) is 0 Å². The number of unbranched alkanes of at least 4 members (excludes halogenated alkanes) is 1.